The predicted molar refractivity (Wildman–Crippen MR) is 164 cm³/mol. The summed E-state index contributed by atoms with van der Waals surface area (Å²) in [5.74, 6) is 0.730. The fourth-order valence-corrected chi connectivity index (χ4v) is 6.51. The van der Waals surface area contributed by atoms with Crippen LogP contribution in [0.5, 0.6) is 0 Å². The second kappa shape index (κ2) is 14.6. The van der Waals surface area contributed by atoms with E-state index in [2.05, 4.69) is 22.1 Å². The van der Waals surface area contributed by atoms with E-state index in [0.717, 1.165) is 48.5 Å². The standard InChI is InChI=1S/C32H33N3O5S2/c1-3-16-38-31(37)33-18-26-6-4-5-7-28(26)23-12-14-25(15-13-23)30-39-27(20-41-32-35-34-21(2)42-32)17-29(40-30)24-10-8-22(19-36)9-11-24/h3-15,27,29-30,36H,1,16-20H2,2H3,(H,33,37). The minimum absolute atomic E-state index is 0.00298. The molecule has 218 valence electrons. The van der Waals surface area contributed by atoms with Crippen molar-refractivity contribution >= 4 is 29.2 Å². The highest BCUT2D eigenvalue weighted by Gasteiger charge is 2.32. The Hall–Kier alpha value is -3.54. The van der Waals surface area contributed by atoms with Crippen molar-refractivity contribution < 1.29 is 24.1 Å². The van der Waals surface area contributed by atoms with Crippen molar-refractivity contribution in [2.45, 2.75) is 49.3 Å². The average molecular weight is 604 g/mol. The molecular weight excluding hydrogens is 571 g/mol. The zero-order valence-electron chi connectivity index (χ0n) is 23.3. The van der Waals surface area contributed by atoms with Gasteiger partial charge in [0, 0.05) is 24.3 Å². The van der Waals surface area contributed by atoms with Crippen LogP contribution in [0.4, 0.5) is 4.79 Å². The van der Waals surface area contributed by atoms with E-state index in [1.807, 2.05) is 79.7 Å². The highest BCUT2D eigenvalue weighted by molar-refractivity contribution is 8.01. The topological polar surface area (TPSA) is 103 Å². The fraction of sp³-hybridized carbons (Fsp3) is 0.281. The van der Waals surface area contributed by atoms with E-state index in [4.69, 9.17) is 14.2 Å². The van der Waals surface area contributed by atoms with E-state index in [9.17, 15) is 9.90 Å². The third-order valence-corrected chi connectivity index (χ3v) is 8.89. The van der Waals surface area contributed by atoms with Crippen molar-refractivity contribution in [3.63, 3.8) is 0 Å². The van der Waals surface area contributed by atoms with Gasteiger partial charge >= 0.3 is 6.09 Å². The molecule has 1 amide bonds. The van der Waals surface area contributed by atoms with E-state index in [-0.39, 0.29) is 25.4 Å². The largest absolute Gasteiger partial charge is 0.445 e. The molecular formula is C32H33N3O5S2. The predicted octanol–water partition coefficient (Wildman–Crippen LogP) is 6.76. The Morgan fingerprint density at radius 2 is 1.86 bits per heavy atom. The number of carbonyl (C=O) groups excluding carboxylic acids is 1. The van der Waals surface area contributed by atoms with E-state index in [1.54, 1.807) is 23.1 Å². The minimum atomic E-state index is -0.548. The summed E-state index contributed by atoms with van der Waals surface area (Å²) >= 11 is 3.23. The van der Waals surface area contributed by atoms with Crippen molar-refractivity contribution in [3.05, 3.63) is 113 Å². The summed E-state index contributed by atoms with van der Waals surface area (Å²) in [6, 6.07) is 24.0. The van der Waals surface area contributed by atoms with Gasteiger partial charge in [-0.3, -0.25) is 0 Å². The minimum Gasteiger partial charge on any atom is -0.445 e. The SMILES string of the molecule is C=CCOC(=O)NCc1ccccc1-c1ccc(C2OC(CSc3nnc(C)s3)CC(c3ccc(CO)cc3)O2)cc1. The van der Waals surface area contributed by atoms with E-state index in [1.165, 1.54) is 6.08 Å². The molecule has 4 aromatic rings. The number of thioether (sulfide) groups is 1. The highest BCUT2D eigenvalue weighted by atomic mass is 32.2. The maximum atomic E-state index is 11.9. The molecule has 3 unspecified atom stereocenters. The van der Waals surface area contributed by atoms with Crippen LogP contribution in [0.15, 0.2) is 89.8 Å². The molecule has 2 heterocycles. The van der Waals surface area contributed by atoms with Gasteiger partial charge in [-0.25, -0.2) is 4.79 Å². The Bertz CT molecular complexity index is 1480. The lowest BCUT2D eigenvalue weighted by atomic mass is 9.98. The number of nitrogens with one attached hydrogen (secondary N) is 1. The van der Waals surface area contributed by atoms with Crippen LogP contribution in [0.2, 0.25) is 0 Å². The molecule has 1 fully saturated rings. The summed E-state index contributed by atoms with van der Waals surface area (Å²) in [6.07, 6.45) is 0.978. The third kappa shape index (κ3) is 7.84. The Balaban J connectivity index is 1.32. The monoisotopic (exact) mass is 603 g/mol. The zero-order valence-corrected chi connectivity index (χ0v) is 24.9. The van der Waals surface area contributed by atoms with Gasteiger partial charge in [0.1, 0.15) is 11.6 Å². The first kappa shape index (κ1) is 29.9. The zero-order chi connectivity index (χ0) is 29.3. The Morgan fingerprint density at radius 1 is 1.10 bits per heavy atom. The molecule has 1 aliphatic rings. The molecule has 3 atom stereocenters. The van der Waals surface area contributed by atoms with Gasteiger partial charge in [0.15, 0.2) is 10.6 Å². The summed E-state index contributed by atoms with van der Waals surface area (Å²) in [6.45, 7) is 6.02. The molecule has 0 radical (unpaired) electrons. The van der Waals surface area contributed by atoms with Crippen LogP contribution in [-0.2, 0) is 27.4 Å². The summed E-state index contributed by atoms with van der Waals surface area (Å²) < 4.78 is 18.9. The number of benzene rings is 3. The van der Waals surface area contributed by atoms with Crippen LogP contribution in [0.25, 0.3) is 11.1 Å². The molecule has 3 aromatic carbocycles. The molecule has 42 heavy (non-hydrogen) atoms. The summed E-state index contributed by atoms with van der Waals surface area (Å²) in [5, 5.41) is 21.6. The second-order valence-electron chi connectivity index (χ2n) is 9.77. The van der Waals surface area contributed by atoms with Gasteiger partial charge in [0.25, 0.3) is 0 Å². The molecule has 1 aliphatic heterocycles. The first-order valence-electron chi connectivity index (χ1n) is 13.7. The van der Waals surface area contributed by atoms with Gasteiger partial charge < -0.3 is 24.6 Å². The van der Waals surface area contributed by atoms with E-state index >= 15 is 0 Å². The van der Waals surface area contributed by atoms with Gasteiger partial charge in [0.2, 0.25) is 0 Å². The molecule has 1 saturated heterocycles. The van der Waals surface area contributed by atoms with Gasteiger partial charge in [-0.15, -0.1) is 10.2 Å². The molecule has 10 heteroatoms. The normalized spacial score (nSPS) is 18.4. The molecule has 8 nitrogen and oxygen atoms in total. The van der Waals surface area contributed by atoms with Gasteiger partial charge in [-0.2, -0.15) is 0 Å². The summed E-state index contributed by atoms with van der Waals surface area (Å²) in [7, 11) is 0. The van der Waals surface area contributed by atoms with Crippen molar-refractivity contribution in [1.29, 1.82) is 0 Å². The number of amides is 1. The lowest BCUT2D eigenvalue weighted by Gasteiger charge is -2.36. The maximum Gasteiger partial charge on any atom is 0.407 e. The third-order valence-electron chi connectivity index (χ3n) is 6.78. The molecule has 0 aliphatic carbocycles. The summed E-state index contributed by atoms with van der Waals surface area (Å²) in [4.78, 5) is 11.9. The number of aliphatic hydroxyl groups excluding tert-OH is 1. The average Bonchev–Trinajstić information content (AvgIpc) is 3.46. The smallest absolute Gasteiger partial charge is 0.407 e. The number of rotatable bonds is 11. The van der Waals surface area contributed by atoms with Crippen LogP contribution in [0.3, 0.4) is 0 Å². The number of carbonyl (C=O) groups is 1. The molecule has 5 rings (SSSR count). The van der Waals surface area contributed by atoms with Crippen LogP contribution in [-0.4, -0.2) is 39.9 Å². The van der Waals surface area contributed by atoms with Crippen LogP contribution in [0, 0.1) is 6.92 Å². The van der Waals surface area contributed by atoms with E-state index < -0.39 is 12.4 Å². The van der Waals surface area contributed by atoms with Crippen molar-refractivity contribution in [2.75, 3.05) is 12.4 Å². The number of aliphatic hydroxyl groups is 1. The Labute approximate surface area is 253 Å². The lowest BCUT2D eigenvalue weighted by Crippen LogP contribution is -2.31. The van der Waals surface area contributed by atoms with Crippen LogP contribution >= 0.6 is 23.1 Å². The van der Waals surface area contributed by atoms with Crippen LogP contribution < -0.4 is 5.32 Å². The maximum absolute atomic E-state index is 11.9. The molecule has 0 spiro atoms. The first-order chi connectivity index (χ1) is 20.5. The number of ether oxygens (including phenoxy) is 3. The quantitative estimate of drug-likeness (QED) is 0.143. The van der Waals surface area contributed by atoms with E-state index in [0.29, 0.717) is 13.0 Å². The number of aryl methyl sites for hydroxylation is 1. The fourth-order valence-electron chi connectivity index (χ4n) is 4.65. The van der Waals surface area contributed by atoms with Gasteiger partial charge in [-0.05, 0) is 34.7 Å². The number of nitrogens with zero attached hydrogens (tertiary/aromatic N) is 2. The molecule has 2 N–H and O–H groups in total. The number of hydrogen-bond donors (Lipinski definition) is 2. The number of alkyl carbamates (subject to hydrolysis) is 1. The molecule has 1 aromatic heterocycles. The lowest BCUT2D eigenvalue weighted by molar-refractivity contribution is -0.245. The molecule has 0 bridgehead atoms. The highest BCUT2D eigenvalue weighted by Crippen LogP contribution is 2.40. The van der Waals surface area contributed by atoms with Crippen LogP contribution in [0.1, 0.15) is 46.1 Å². The Morgan fingerprint density at radius 3 is 2.57 bits per heavy atom. The van der Waals surface area contributed by atoms with Gasteiger partial charge in [0.05, 0.1) is 18.8 Å². The summed E-state index contributed by atoms with van der Waals surface area (Å²) in [5.41, 5.74) is 5.83. The molecule has 0 saturated carbocycles. The number of hydrogen-bond acceptors (Lipinski definition) is 9. The number of aromatic nitrogens is 2. The second-order valence-corrected chi connectivity index (χ2v) is 12.2. The van der Waals surface area contributed by atoms with Crippen molar-refractivity contribution in [3.8, 4) is 11.1 Å². The van der Waals surface area contributed by atoms with Crippen molar-refractivity contribution in [1.82, 2.24) is 15.5 Å². The Kier molecular flexibility index (Phi) is 10.4. The van der Waals surface area contributed by atoms with Gasteiger partial charge in [-0.1, -0.05) is 109 Å². The van der Waals surface area contributed by atoms with Crippen molar-refractivity contribution in [2.24, 2.45) is 0 Å². The first-order valence-corrected chi connectivity index (χ1v) is 15.5.